The molecule has 3 nitrogen and oxygen atoms in total. The third-order valence-electron chi connectivity index (χ3n) is 6.97. The van der Waals surface area contributed by atoms with Gasteiger partial charge in [-0.25, -0.2) is 0 Å². The molecule has 0 aliphatic heterocycles. The van der Waals surface area contributed by atoms with Crippen LogP contribution in [0.15, 0.2) is 11.9 Å². The Morgan fingerprint density at radius 1 is 0.486 bits per heavy atom. The molecular weight excluding hydrogens is 451 g/mol. The summed E-state index contributed by atoms with van der Waals surface area (Å²) < 4.78 is 25.3. The molecule has 210 valence electrons. The predicted octanol–water partition coefficient (Wildman–Crippen LogP) is 12.1. The second-order valence-electron chi connectivity index (χ2n) is 10.6. The highest BCUT2D eigenvalue weighted by Crippen LogP contribution is 2.57. The summed E-state index contributed by atoms with van der Waals surface area (Å²) in [6.45, 7) is 11.9. The topological polar surface area (TPSA) is 35.5 Å². The molecule has 0 aliphatic rings. The van der Waals surface area contributed by atoms with Crippen molar-refractivity contribution in [2.45, 2.75) is 175 Å². The first kappa shape index (κ1) is 34.9. The van der Waals surface area contributed by atoms with E-state index in [4.69, 9.17) is 9.05 Å². The lowest BCUT2D eigenvalue weighted by molar-refractivity contribution is 0.202. The lowest BCUT2D eigenvalue weighted by atomic mass is 10.1. The molecule has 0 aliphatic carbocycles. The standard InChI is InChI=1S/C31H63O3P/c1-5-8-11-13-15-17-19-21-23-26-29-33-35(32,31(4)28-25-10-7-3)34-30-27-24-22-20-18-16-14-12-9-6-2/h4-30H2,1-3H3. The summed E-state index contributed by atoms with van der Waals surface area (Å²) in [5.74, 6) is 0. The van der Waals surface area contributed by atoms with Crippen LogP contribution in [0, 0.1) is 0 Å². The maximum Gasteiger partial charge on any atom is 0.356 e. The molecule has 0 aromatic rings. The molecule has 0 heterocycles. The van der Waals surface area contributed by atoms with Gasteiger partial charge in [-0.3, -0.25) is 4.57 Å². The molecule has 0 N–H and O–H groups in total. The number of hydrogen-bond acceptors (Lipinski definition) is 3. The highest BCUT2D eigenvalue weighted by atomic mass is 31.2. The highest BCUT2D eigenvalue weighted by Gasteiger charge is 2.28. The molecule has 0 fully saturated rings. The van der Waals surface area contributed by atoms with Gasteiger partial charge in [-0.2, -0.15) is 0 Å². The molecule has 4 heteroatoms. The van der Waals surface area contributed by atoms with E-state index in [-0.39, 0.29) is 0 Å². The van der Waals surface area contributed by atoms with Gasteiger partial charge in [-0.15, -0.1) is 0 Å². The van der Waals surface area contributed by atoms with Crippen LogP contribution in [0.1, 0.15) is 175 Å². The van der Waals surface area contributed by atoms with E-state index in [2.05, 4.69) is 27.4 Å². The van der Waals surface area contributed by atoms with E-state index in [0.717, 1.165) is 51.4 Å². The Morgan fingerprint density at radius 3 is 1.11 bits per heavy atom. The number of hydrogen-bond donors (Lipinski definition) is 0. The fraction of sp³-hybridized carbons (Fsp3) is 0.935. The third-order valence-corrected chi connectivity index (χ3v) is 9.02. The Kier molecular flexibility index (Phi) is 26.9. The summed E-state index contributed by atoms with van der Waals surface area (Å²) >= 11 is 0. The average Bonchev–Trinajstić information content (AvgIpc) is 2.86. The van der Waals surface area contributed by atoms with E-state index in [0.29, 0.717) is 18.5 Å². The van der Waals surface area contributed by atoms with E-state index >= 15 is 0 Å². The molecule has 0 aromatic carbocycles. The quantitative estimate of drug-likeness (QED) is 0.0735. The van der Waals surface area contributed by atoms with Gasteiger partial charge in [0.1, 0.15) is 0 Å². The summed E-state index contributed by atoms with van der Waals surface area (Å²) in [6, 6.07) is 0. The van der Waals surface area contributed by atoms with Crippen LogP contribution in [-0.4, -0.2) is 13.2 Å². The van der Waals surface area contributed by atoms with Crippen LogP contribution >= 0.6 is 7.60 Å². The van der Waals surface area contributed by atoms with Crippen molar-refractivity contribution in [1.82, 2.24) is 0 Å². The van der Waals surface area contributed by atoms with Crippen LogP contribution < -0.4 is 0 Å². The molecule has 35 heavy (non-hydrogen) atoms. The Bertz CT molecular complexity index is 462. The Balaban J connectivity index is 4.06. The highest BCUT2D eigenvalue weighted by molar-refractivity contribution is 7.58. The molecule has 0 amide bonds. The number of rotatable bonds is 29. The van der Waals surface area contributed by atoms with Crippen LogP contribution in [-0.2, 0) is 13.6 Å². The molecule has 0 saturated heterocycles. The Hall–Kier alpha value is -0.110. The van der Waals surface area contributed by atoms with Gasteiger partial charge in [-0.05, 0) is 25.7 Å². The summed E-state index contributed by atoms with van der Waals surface area (Å²) in [5.41, 5.74) is 0. The van der Waals surface area contributed by atoms with E-state index in [1.54, 1.807) is 0 Å². The largest absolute Gasteiger partial charge is 0.356 e. The lowest BCUT2D eigenvalue weighted by Gasteiger charge is -2.21. The summed E-state index contributed by atoms with van der Waals surface area (Å²) in [4.78, 5) is 0. The van der Waals surface area contributed by atoms with E-state index in [1.165, 1.54) is 103 Å². The van der Waals surface area contributed by atoms with E-state index in [9.17, 15) is 4.57 Å². The van der Waals surface area contributed by atoms with Gasteiger partial charge in [0, 0.05) is 5.31 Å². The van der Waals surface area contributed by atoms with Gasteiger partial charge < -0.3 is 9.05 Å². The van der Waals surface area contributed by atoms with Crippen molar-refractivity contribution in [3.63, 3.8) is 0 Å². The van der Waals surface area contributed by atoms with Gasteiger partial charge in [0.2, 0.25) is 0 Å². The SMILES string of the molecule is C=C(CCCCC)P(=O)(OCCCCCCCCCCCC)OCCCCCCCCCCCC. The van der Waals surface area contributed by atoms with Crippen molar-refractivity contribution < 1.29 is 13.6 Å². The minimum Gasteiger partial charge on any atom is -0.305 e. The molecule has 0 bridgehead atoms. The molecule has 0 spiro atoms. The monoisotopic (exact) mass is 514 g/mol. The summed E-state index contributed by atoms with van der Waals surface area (Å²) in [5, 5.41) is 0.685. The maximum absolute atomic E-state index is 13.5. The second kappa shape index (κ2) is 26.9. The minimum atomic E-state index is -3.20. The zero-order valence-corrected chi connectivity index (χ0v) is 25.2. The molecule has 0 unspecified atom stereocenters. The predicted molar refractivity (Wildman–Crippen MR) is 156 cm³/mol. The van der Waals surface area contributed by atoms with Crippen LogP contribution in [0.3, 0.4) is 0 Å². The number of allylic oxidation sites excluding steroid dienone is 1. The van der Waals surface area contributed by atoms with E-state index < -0.39 is 7.60 Å². The van der Waals surface area contributed by atoms with Crippen molar-refractivity contribution in [2.75, 3.05) is 13.2 Å². The third kappa shape index (κ3) is 22.8. The van der Waals surface area contributed by atoms with Crippen molar-refractivity contribution in [3.8, 4) is 0 Å². The smallest absolute Gasteiger partial charge is 0.305 e. The zero-order valence-electron chi connectivity index (χ0n) is 24.3. The number of unbranched alkanes of at least 4 members (excludes halogenated alkanes) is 20. The first-order valence-corrected chi connectivity index (χ1v) is 17.2. The molecule has 0 aromatic heterocycles. The molecular formula is C31H63O3P. The Labute approximate surface area is 221 Å². The molecule has 0 atom stereocenters. The fourth-order valence-corrected chi connectivity index (χ4v) is 6.09. The maximum atomic E-state index is 13.5. The second-order valence-corrected chi connectivity index (χ2v) is 12.7. The van der Waals surface area contributed by atoms with Gasteiger partial charge >= 0.3 is 7.60 Å². The lowest BCUT2D eigenvalue weighted by Crippen LogP contribution is -2.02. The molecule has 0 radical (unpaired) electrons. The molecule has 0 rings (SSSR count). The first-order valence-electron chi connectivity index (χ1n) is 15.7. The van der Waals surface area contributed by atoms with Crippen LogP contribution in [0.5, 0.6) is 0 Å². The van der Waals surface area contributed by atoms with Crippen LogP contribution in [0.4, 0.5) is 0 Å². The van der Waals surface area contributed by atoms with Crippen LogP contribution in [0.25, 0.3) is 0 Å². The summed E-state index contributed by atoms with van der Waals surface area (Å²) in [6.07, 6.45) is 29.8. The minimum absolute atomic E-state index is 0.526. The zero-order chi connectivity index (χ0) is 25.9. The normalized spacial score (nSPS) is 11.9. The van der Waals surface area contributed by atoms with Crippen molar-refractivity contribution in [3.05, 3.63) is 11.9 Å². The van der Waals surface area contributed by atoms with E-state index in [1.807, 2.05) is 0 Å². The van der Waals surface area contributed by atoms with Crippen molar-refractivity contribution in [1.29, 1.82) is 0 Å². The fourth-order valence-electron chi connectivity index (χ4n) is 4.48. The van der Waals surface area contributed by atoms with Crippen molar-refractivity contribution >= 4 is 7.60 Å². The van der Waals surface area contributed by atoms with Crippen molar-refractivity contribution in [2.24, 2.45) is 0 Å². The van der Waals surface area contributed by atoms with Gasteiger partial charge in [0.15, 0.2) is 0 Å². The van der Waals surface area contributed by atoms with Gasteiger partial charge in [-0.1, -0.05) is 156 Å². The van der Waals surface area contributed by atoms with Gasteiger partial charge in [0.25, 0.3) is 0 Å². The van der Waals surface area contributed by atoms with Gasteiger partial charge in [0.05, 0.1) is 13.2 Å². The van der Waals surface area contributed by atoms with Crippen LogP contribution in [0.2, 0.25) is 0 Å². The Morgan fingerprint density at radius 2 is 0.771 bits per heavy atom. The molecule has 0 saturated carbocycles. The summed E-state index contributed by atoms with van der Waals surface area (Å²) in [7, 11) is -3.20. The first-order chi connectivity index (χ1) is 17.1. The average molecular weight is 515 g/mol.